The van der Waals surface area contributed by atoms with Crippen LogP contribution in [0.25, 0.3) is 11.4 Å². The number of halogens is 1. The highest BCUT2D eigenvalue weighted by atomic mass is 35.5. The lowest BCUT2D eigenvalue weighted by Gasteiger charge is -2.18. The van der Waals surface area contributed by atoms with E-state index in [1.807, 2.05) is 38.1 Å². The Balaban J connectivity index is 2.40. The van der Waals surface area contributed by atoms with Crippen molar-refractivity contribution >= 4 is 11.6 Å². The molecule has 2 aromatic rings. The normalized spacial score (nSPS) is 12.4. The number of nitrogens with zero attached hydrogens (tertiary/aromatic N) is 2. The quantitative estimate of drug-likeness (QED) is 0.902. The van der Waals surface area contributed by atoms with Gasteiger partial charge in [0.2, 0.25) is 0 Å². The summed E-state index contributed by atoms with van der Waals surface area (Å²) in [6, 6.07) is 7.69. The number of nitrogens with one attached hydrogen (secondary N) is 1. The first-order valence-electron chi connectivity index (χ1n) is 7.35. The van der Waals surface area contributed by atoms with Crippen molar-refractivity contribution in [1.82, 2.24) is 15.3 Å². The summed E-state index contributed by atoms with van der Waals surface area (Å²) in [4.78, 5) is 9.34. The van der Waals surface area contributed by atoms with Crippen molar-refractivity contribution in [2.45, 2.75) is 33.6 Å². The van der Waals surface area contributed by atoms with Crippen LogP contribution in [0.5, 0.6) is 0 Å². The molecule has 1 aromatic heterocycles. The van der Waals surface area contributed by atoms with Crippen LogP contribution in [0.1, 0.15) is 36.7 Å². The third kappa shape index (κ3) is 3.60. The second-order valence-electron chi connectivity index (χ2n) is 5.32. The molecule has 0 aliphatic rings. The van der Waals surface area contributed by atoms with Crippen LogP contribution in [0.2, 0.25) is 5.02 Å². The van der Waals surface area contributed by atoms with Crippen molar-refractivity contribution in [3.63, 3.8) is 0 Å². The molecule has 112 valence electrons. The molecule has 1 atom stereocenters. The maximum atomic E-state index is 6.24. The Kier molecular flexibility index (Phi) is 5.32. The molecule has 0 amide bonds. The van der Waals surface area contributed by atoms with E-state index in [0.717, 1.165) is 30.0 Å². The number of aryl methyl sites for hydroxylation is 2. The van der Waals surface area contributed by atoms with Crippen LogP contribution in [-0.4, -0.2) is 23.1 Å². The van der Waals surface area contributed by atoms with Crippen LogP contribution >= 0.6 is 11.6 Å². The van der Waals surface area contributed by atoms with Gasteiger partial charge in [0.15, 0.2) is 5.82 Å². The molecule has 0 aliphatic heterocycles. The van der Waals surface area contributed by atoms with Crippen molar-refractivity contribution in [2.75, 3.05) is 13.1 Å². The zero-order valence-electron chi connectivity index (χ0n) is 13.1. The largest absolute Gasteiger partial charge is 0.316 e. The summed E-state index contributed by atoms with van der Waals surface area (Å²) < 4.78 is 0. The van der Waals surface area contributed by atoms with Gasteiger partial charge in [-0.15, -0.1) is 0 Å². The number of benzene rings is 1. The fraction of sp³-hybridized carbons (Fsp3) is 0.412. The molecule has 2 rings (SSSR count). The minimum Gasteiger partial charge on any atom is -0.316 e. The fourth-order valence-electron chi connectivity index (χ4n) is 2.66. The van der Waals surface area contributed by atoms with Gasteiger partial charge < -0.3 is 5.32 Å². The Labute approximate surface area is 131 Å². The van der Waals surface area contributed by atoms with Crippen LogP contribution in [-0.2, 0) is 0 Å². The van der Waals surface area contributed by atoms with Gasteiger partial charge in [0.25, 0.3) is 0 Å². The van der Waals surface area contributed by atoms with E-state index in [9.17, 15) is 0 Å². The Morgan fingerprint density at radius 1 is 1.14 bits per heavy atom. The topological polar surface area (TPSA) is 37.8 Å². The van der Waals surface area contributed by atoms with E-state index in [4.69, 9.17) is 11.6 Å². The molecule has 1 heterocycles. The first-order valence-corrected chi connectivity index (χ1v) is 7.73. The van der Waals surface area contributed by atoms with Crippen molar-refractivity contribution in [1.29, 1.82) is 0 Å². The smallest absolute Gasteiger partial charge is 0.161 e. The van der Waals surface area contributed by atoms with Gasteiger partial charge >= 0.3 is 0 Å². The van der Waals surface area contributed by atoms with Gasteiger partial charge in [0.1, 0.15) is 0 Å². The van der Waals surface area contributed by atoms with E-state index < -0.39 is 0 Å². The molecule has 1 aromatic carbocycles. The average molecular weight is 304 g/mol. The molecule has 1 N–H and O–H groups in total. The van der Waals surface area contributed by atoms with Gasteiger partial charge in [0.05, 0.1) is 5.02 Å². The first-order chi connectivity index (χ1) is 10.0. The van der Waals surface area contributed by atoms with Crippen LogP contribution in [0, 0.1) is 13.8 Å². The lowest BCUT2D eigenvalue weighted by molar-refractivity contribution is 0.624. The zero-order valence-corrected chi connectivity index (χ0v) is 13.8. The van der Waals surface area contributed by atoms with E-state index >= 15 is 0 Å². The fourth-order valence-corrected chi connectivity index (χ4v) is 2.88. The number of hydrogen-bond donors (Lipinski definition) is 1. The van der Waals surface area contributed by atoms with E-state index in [0.29, 0.717) is 16.8 Å². The third-order valence-corrected chi connectivity index (χ3v) is 3.96. The van der Waals surface area contributed by atoms with E-state index in [-0.39, 0.29) is 0 Å². The summed E-state index contributed by atoms with van der Waals surface area (Å²) in [6.07, 6.45) is 0. The third-order valence-electron chi connectivity index (χ3n) is 3.63. The van der Waals surface area contributed by atoms with Crippen LogP contribution in [0.15, 0.2) is 24.3 Å². The van der Waals surface area contributed by atoms with Crippen LogP contribution in [0.4, 0.5) is 0 Å². The van der Waals surface area contributed by atoms with Gasteiger partial charge in [0, 0.05) is 23.5 Å². The van der Waals surface area contributed by atoms with E-state index in [2.05, 4.69) is 29.1 Å². The Morgan fingerprint density at radius 2 is 1.76 bits per heavy atom. The molecule has 0 saturated carbocycles. The molecule has 0 radical (unpaired) electrons. The second kappa shape index (κ2) is 7.01. The Bertz CT molecular complexity index is 602. The highest BCUT2D eigenvalue weighted by Crippen LogP contribution is 2.28. The average Bonchev–Trinajstić information content (AvgIpc) is 2.44. The maximum absolute atomic E-state index is 6.24. The van der Waals surface area contributed by atoms with Gasteiger partial charge in [-0.1, -0.05) is 37.6 Å². The molecule has 0 bridgehead atoms. The lowest BCUT2D eigenvalue weighted by atomic mass is 9.97. The highest BCUT2D eigenvalue weighted by molar-refractivity contribution is 6.33. The summed E-state index contributed by atoms with van der Waals surface area (Å²) >= 11 is 6.24. The van der Waals surface area contributed by atoms with Crippen molar-refractivity contribution in [3.8, 4) is 11.4 Å². The molecule has 4 heteroatoms. The van der Waals surface area contributed by atoms with Crippen LogP contribution < -0.4 is 5.32 Å². The predicted molar refractivity (Wildman–Crippen MR) is 88.9 cm³/mol. The van der Waals surface area contributed by atoms with E-state index in [1.165, 1.54) is 5.56 Å². The van der Waals surface area contributed by atoms with Gasteiger partial charge in [-0.3, -0.25) is 0 Å². The minimum atomic E-state index is 0.394. The van der Waals surface area contributed by atoms with Crippen molar-refractivity contribution in [3.05, 3.63) is 46.2 Å². The number of likely N-dealkylation sites (N-methyl/N-ethyl adjacent to an activating group) is 1. The second-order valence-corrected chi connectivity index (χ2v) is 5.73. The maximum Gasteiger partial charge on any atom is 0.161 e. The summed E-state index contributed by atoms with van der Waals surface area (Å²) in [6.45, 7) is 10.3. The summed E-state index contributed by atoms with van der Waals surface area (Å²) in [5.41, 5.74) is 4.17. The molecular formula is C17H22ClN3. The number of rotatable bonds is 5. The van der Waals surface area contributed by atoms with Crippen LogP contribution in [0.3, 0.4) is 0 Å². The predicted octanol–water partition coefficient (Wildman–Crippen LogP) is 4.13. The lowest BCUT2D eigenvalue weighted by Crippen LogP contribution is -2.21. The monoisotopic (exact) mass is 303 g/mol. The summed E-state index contributed by atoms with van der Waals surface area (Å²) in [5.74, 6) is 1.10. The van der Waals surface area contributed by atoms with Gasteiger partial charge in [-0.05, 0) is 44.0 Å². The number of hydrogen-bond acceptors (Lipinski definition) is 3. The molecule has 21 heavy (non-hydrogen) atoms. The first kappa shape index (κ1) is 15.9. The van der Waals surface area contributed by atoms with Gasteiger partial charge in [-0.2, -0.15) is 0 Å². The van der Waals surface area contributed by atoms with Crippen molar-refractivity contribution < 1.29 is 0 Å². The summed E-state index contributed by atoms with van der Waals surface area (Å²) in [5, 5.41) is 4.06. The minimum absolute atomic E-state index is 0.394. The van der Waals surface area contributed by atoms with Crippen molar-refractivity contribution in [2.24, 2.45) is 0 Å². The molecule has 3 nitrogen and oxygen atoms in total. The Morgan fingerprint density at radius 3 is 2.33 bits per heavy atom. The Hall–Kier alpha value is -1.45. The molecule has 0 saturated heterocycles. The summed E-state index contributed by atoms with van der Waals surface area (Å²) in [7, 11) is 0. The SMILES string of the molecule is CCNCC(C)c1c(C)nc(-c2ccccc2Cl)nc1C. The molecule has 1 unspecified atom stereocenters. The molecule has 0 fully saturated rings. The highest BCUT2D eigenvalue weighted by Gasteiger charge is 2.16. The molecule has 0 spiro atoms. The van der Waals surface area contributed by atoms with E-state index in [1.54, 1.807) is 0 Å². The standard InChI is InChI=1S/C17H22ClN3/c1-5-19-10-11(2)16-12(3)20-17(21-13(16)4)14-8-6-7-9-15(14)18/h6-9,11,19H,5,10H2,1-4H3. The van der Waals surface area contributed by atoms with Gasteiger partial charge in [-0.25, -0.2) is 9.97 Å². The molecular weight excluding hydrogens is 282 g/mol. The molecule has 0 aliphatic carbocycles. The number of aromatic nitrogens is 2. The zero-order chi connectivity index (χ0) is 15.4.